The van der Waals surface area contributed by atoms with Crippen LogP contribution in [-0.2, 0) is 4.74 Å². The van der Waals surface area contributed by atoms with Gasteiger partial charge in [0.25, 0.3) is 0 Å². The first-order valence-electron chi connectivity index (χ1n) is 3.25. The van der Waals surface area contributed by atoms with Crippen LogP contribution in [0.5, 0.6) is 0 Å². The largest absolute Gasteiger partial charge is 0.499 e. The van der Waals surface area contributed by atoms with E-state index >= 15 is 0 Å². The van der Waals surface area contributed by atoms with Crippen molar-refractivity contribution in [3.63, 3.8) is 0 Å². The maximum atomic E-state index is 8.58. The van der Waals surface area contributed by atoms with Crippen molar-refractivity contribution in [2.24, 2.45) is 0 Å². The molecule has 3 nitrogen and oxygen atoms in total. The zero-order chi connectivity index (χ0) is 7.40. The zero-order valence-corrected chi connectivity index (χ0v) is 5.98. The molecule has 3 heteroatoms. The average molecular weight is 138 g/mol. The van der Waals surface area contributed by atoms with Gasteiger partial charge < -0.3 is 10.1 Å². The molecule has 0 bridgehead atoms. The summed E-state index contributed by atoms with van der Waals surface area (Å²) in [4.78, 5) is 0. The van der Waals surface area contributed by atoms with Crippen LogP contribution < -0.4 is 5.32 Å². The van der Waals surface area contributed by atoms with E-state index in [4.69, 9.17) is 10.00 Å². The molecule has 0 saturated heterocycles. The molecule has 0 radical (unpaired) electrons. The minimum atomic E-state index is 0.694. The molecule has 0 aromatic rings. The molecule has 1 N–H and O–H groups in total. The Hall–Kier alpha value is -1.01. The number of hydrogen-bond acceptors (Lipinski definition) is 3. The summed E-state index contributed by atoms with van der Waals surface area (Å²) in [5.74, 6) is 0.786. The summed E-state index contributed by atoms with van der Waals surface area (Å²) in [6.07, 6.45) is 0.791. The monoisotopic (exact) mass is 138 g/mol. The third-order valence-electron chi connectivity index (χ3n) is 1.56. The van der Waals surface area contributed by atoms with Crippen molar-refractivity contribution < 1.29 is 4.74 Å². The average Bonchev–Trinajstić information content (AvgIpc) is 2.04. The molecule has 10 heavy (non-hydrogen) atoms. The van der Waals surface area contributed by atoms with Crippen LogP contribution in [-0.4, -0.2) is 20.2 Å². The van der Waals surface area contributed by atoms with E-state index in [1.54, 1.807) is 7.11 Å². The Morgan fingerprint density at radius 2 is 2.50 bits per heavy atom. The van der Waals surface area contributed by atoms with Gasteiger partial charge in [-0.15, -0.1) is 0 Å². The lowest BCUT2D eigenvalue weighted by Gasteiger charge is -2.15. The summed E-state index contributed by atoms with van der Waals surface area (Å²) >= 11 is 0. The van der Waals surface area contributed by atoms with Crippen LogP contribution >= 0.6 is 0 Å². The van der Waals surface area contributed by atoms with Crippen molar-refractivity contribution in [3.8, 4) is 6.07 Å². The van der Waals surface area contributed by atoms with Crippen LogP contribution in [0.1, 0.15) is 6.42 Å². The van der Waals surface area contributed by atoms with Crippen LogP contribution in [0, 0.1) is 11.3 Å². The van der Waals surface area contributed by atoms with Crippen molar-refractivity contribution in [2.75, 3.05) is 20.2 Å². The summed E-state index contributed by atoms with van der Waals surface area (Å²) in [5.41, 5.74) is 0.779. The van der Waals surface area contributed by atoms with E-state index < -0.39 is 0 Å². The number of methoxy groups -OCH3 is 1. The van der Waals surface area contributed by atoms with Gasteiger partial charge in [0, 0.05) is 6.54 Å². The normalized spacial score (nSPS) is 18.4. The molecular formula is C7H10N2O. The Kier molecular flexibility index (Phi) is 2.30. The molecule has 0 aliphatic carbocycles. The second-order valence-electron chi connectivity index (χ2n) is 2.14. The van der Waals surface area contributed by atoms with Gasteiger partial charge in [0.1, 0.15) is 5.76 Å². The lowest BCUT2D eigenvalue weighted by atomic mass is 10.1. The smallest absolute Gasteiger partial charge is 0.123 e. The first-order valence-corrected chi connectivity index (χ1v) is 3.25. The number of hydrogen-bond donors (Lipinski definition) is 1. The first kappa shape index (κ1) is 7.10. The summed E-state index contributed by atoms with van der Waals surface area (Å²) in [5, 5.41) is 11.7. The fourth-order valence-electron chi connectivity index (χ4n) is 0.975. The predicted octanol–water partition coefficient (Wildman–Crippen LogP) is 0.404. The number of rotatable bonds is 1. The van der Waals surface area contributed by atoms with Gasteiger partial charge in [-0.1, -0.05) is 0 Å². The Morgan fingerprint density at radius 3 is 3.00 bits per heavy atom. The predicted molar refractivity (Wildman–Crippen MR) is 37.1 cm³/mol. The Balaban J connectivity index is 2.75. The number of nitrogens with one attached hydrogen (secondary N) is 1. The summed E-state index contributed by atoms with van der Waals surface area (Å²) in [7, 11) is 1.60. The third kappa shape index (κ3) is 1.28. The van der Waals surface area contributed by atoms with Gasteiger partial charge in [-0.2, -0.15) is 5.26 Å². The molecule has 0 aromatic heterocycles. The number of nitrogens with zero attached hydrogens (tertiary/aromatic N) is 1. The molecule has 54 valence electrons. The minimum absolute atomic E-state index is 0.694. The summed E-state index contributed by atoms with van der Waals surface area (Å²) in [6.45, 7) is 1.58. The molecule has 0 atom stereocenters. The molecule has 1 rings (SSSR count). The molecule has 0 amide bonds. The third-order valence-corrected chi connectivity index (χ3v) is 1.56. The SMILES string of the molecule is COC1=C(C#N)CCNC1. The highest BCUT2D eigenvalue weighted by Crippen LogP contribution is 2.10. The Morgan fingerprint density at radius 1 is 1.70 bits per heavy atom. The number of ether oxygens (including phenoxy) is 1. The van der Waals surface area contributed by atoms with Crippen molar-refractivity contribution in [1.29, 1.82) is 5.26 Å². The van der Waals surface area contributed by atoms with E-state index in [0.29, 0.717) is 6.54 Å². The molecular weight excluding hydrogens is 128 g/mol. The second-order valence-corrected chi connectivity index (χ2v) is 2.14. The lowest BCUT2D eigenvalue weighted by molar-refractivity contribution is 0.269. The van der Waals surface area contributed by atoms with Crippen molar-refractivity contribution in [3.05, 3.63) is 11.3 Å². The maximum Gasteiger partial charge on any atom is 0.123 e. The maximum absolute atomic E-state index is 8.58. The van der Waals surface area contributed by atoms with E-state index in [2.05, 4.69) is 11.4 Å². The van der Waals surface area contributed by atoms with E-state index in [-0.39, 0.29) is 0 Å². The highest BCUT2D eigenvalue weighted by molar-refractivity contribution is 5.27. The van der Waals surface area contributed by atoms with Crippen LogP contribution in [0.25, 0.3) is 0 Å². The molecule has 0 aromatic carbocycles. The van der Waals surface area contributed by atoms with E-state index in [1.165, 1.54) is 0 Å². The molecule has 1 aliphatic heterocycles. The Bertz CT molecular complexity index is 190. The van der Waals surface area contributed by atoms with Crippen LogP contribution in [0.2, 0.25) is 0 Å². The fourth-order valence-corrected chi connectivity index (χ4v) is 0.975. The first-order chi connectivity index (χ1) is 4.88. The minimum Gasteiger partial charge on any atom is -0.499 e. The van der Waals surface area contributed by atoms with Crippen molar-refractivity contribution in [1.82, 2.24) is 5.32 Å². The van der Waals surface area contributed by atoms with Crippen molar-refractivity contribution >= 4 is 0 Å². The Labute approximate surface area is 60.3 Å². The second kappa shape index (κ2) is 3.23. The van der Waals surface area contributed by atoms with Gasteiger partial charge in [0.15, 0.2) is 0 Å². The molecule has 1 heterocycles. The van der Waals surface area contributed by atoms with Crippen LogP contribution in [0.15, 0.2) is 11.3 Å². The van der Waals surface area contributed by atoms with Crippen LogP contribution in [0.3, 0.4) is 0 Å². The quantitative estimate of drug-likeness (QED) is 0.570. The van der Waals surface area contributed by atoms with Crippen molar-refractivity contribution in [2.45, 2.75) is 6.42 Å². The molecule has 0 fully saturated rings. The topological polar surface area (TPSA) is 45.0 Å². The molecule has 0 saturated carbocycles. The lowest BCUT2D eigenvalue weighted by Crippen LogP contribution is -2.25. The van der Waals surface area contributed by atoms with Crippen LogP contribution in [0.4, 0.5) is 0 Å². The number of nitriles is 1. The molecule has 0 spiro atoms. The van der Waals surface area contributed by atoms with E-state index in [1.807, 2.05) is 0 Å². The van der Waals surface area contributed by atoms with Gasteiger partial charge in [-0.3, -0.25) is 0 Å². The van der Waals surface area contributed by atoms with Gasteiger partial charge in [-0.25, -0.2) is 0 Å². The molecule has 0 unspecified atom stereocenters. The fraction of sp³-hybridized carbons (Fsp3) is 0.571. The van der Waals surface area contributed by atoms with Gasteiger partial charge in [0.2, 0.25) is 0 Å². The van der Waals surface area contributed by atoms with Gasteiger partial charge in [-0.05, 0) is 6.42 Å². The summed E-state index contributed by atoms with van der Waals surface area (Å²) in [6, 6.07) is 2.12. The van der Waals surface area contributed by atoms with E-state index in [9.17, 15) is 0 Å². The highest BCUT2D eigenvalue weighted by Gasteiger charge is 2.10. The summed E-state index contributed by atoms with van der Waals surface area (Å²) < 4.78 is 4.99. The standard InChI is InChI=1S/C7H10N2O/c1-10-7-5-9-3-2-6(7)4-8/h9H,2-3,5H2,1H3. The van der Waals surface area contributed by atoms with E-state index in [0.717, 1.165) is 24.3 Å². The zero-order valence-electron chi connectivity index (χ0n) is 5.98. The van der Waals surface area contributed by atoms with Gasteiger partial charge in [0.05, 0.1) is 25.3 Å². The van der Waals surface area contributed by atoms with Gasteiger partial charge >= 0.3 is 0 Å². The molecule has 1 aliphatic rings. The highest BCUT2D eigenvalue weighted by atomic mass is 16.5.